The van der Waals surface area contributed by atoms with Gasteiger partial charge >= 0.3 is 0 Å². The Kier molecular flexibility index (Phi) is 2.86. The van der Waals surface area contributed by atoms with Crippen LogP contribution in [-0.4, -0.2) is 22.5 Å². The van der Waals surface area contributed by atoms with Gasteiger partial charge in [0.25, 0.3) is 0 Å². The first-order valence-electron chi connectivity index (χ1n) is 4.60. The lowest BCUT2D eigenvalue weighted by Crippen LogP contribution is -2.25. The Balaban J connectivity index is 1.97. The highest BCUT2D eigenvalue weighted by Gasteiger charge is 2.20. The molecule has 1 aliphatic rings. The maximum Gasteiger partial charge on any atom is 0.183 e. The molecule has 0 radical (unpaired) electrons. The van der Waals surface area contributed by atoms with Gasteiger partial charge in [0.05, 0.1) is 0 Å². The van der Waals surface area contributed by atoms with E-state index < -0.39 is 0 Å². The van der Waals surface area contributed by atoms with E-state index in [-0.39, 0.29) is 0 Å². The second-order valence-electron chi connectivity index (χ2n) is 3.54. The number of nitrogens with zero attached hydrogens (tertiary/aromatic N) is 2. The van der Waals surface area contributed by atoms with Gasteiger partial charge in [0, 0.05) is 23.7 Å². The fraction of sp³-hybridized carbons (Fsp3) is 0.667. The van der Waals surface area contributed by atoms with Crippen molar-refractivity contribution in [1.82, 2.24) is 9.88 Å². The van der Waals surface area contributed by atoms with E-state index in [2.05, 4.69) is 16.8 Å². The smallest absolute Gasteiger partial charge is 0.183 e. The molecular weight excluding hydrogens is 204 g/mol. The van der Waals surface area contributed by atoms with Crippen LogP contribution < -0.4 is 0 Å². The topological polar surface area (TPSA) is 16.1 Å². The zero-order valence-corrected chi connectivity index (χ0v) is 9.24. The van der Waals surface area contributed by atoms with Gasteiger partial charge in [-0.05, 0) is 26.3 Å². The maximum absolute atomic E-state index is 5.77. The van der Waals surface area contributed by atoms with Gasteiger partial charge < -0.3 is 0 Å². The lowest BCUT2D eigenvalue weighted by atomic mass is 10.2. The minimum absolute atomic E-state index is 0.654. The van der Waals surface area contributed by atoms with E-state index in [1.165, 1.54) is 24.3 Å². The second-order valence-corrected chi connectivity index (χ2v) is 5.24. The average Bonchev–Trinajstić information content (AvgIpc) is 2.64. The Bertz CT molecular complexity index is 287. The van der Waals surface area contributed by atoms with Crippen molar-refractivity contribution in [3.05, 3.63) is 15.5 Å². The minimum atomic E-state index is 0.654. The SMILES string of the molecule is CC1CCCN1Cc1cnc(Cl)s1. The Hall–Kier alpha value is -0.120. The average molecular weight is 217 g/mol. The molecular formula is C9H13ClN2S. The predicted molar refractivity (Wildman–Crippen MR) is 56.2 cm³/mol. The summed E-state index contributed by atoms with van der Waals surface area (Å²) in [5.74, 6) is 0. The number of thiazole rings is 1. The van der Waals surface area contributed by atoms with Crippen LogP contribution in [0.25, 0.3) is 0 Å². The van der Waals surface area contributed by atoms with Crippen LogP contribution in [0.1, 0.15) is 24.6 Å². The number of halogens is 1. The van der Waals surface area contributed by atoms with Crippen LogP contribution in [-0.2, 0) is 6.54 Å². The highest BCUT2D eigenvalue weighted by atomic mass is 35.5. The molecule has 1 fully saturated rings. The van der Waals surface area contributed by atoms with E-state index in [0.29, 0.717) is 4.47 Å². The lowest BCUT2D eigenvalue weighted by Gasteiger charge is -2.19. The standard InChI is InChI=1S/C9H13ClN2S/c1-7-3-2-4-12(7)6-8-5-11-9(10)13-8/h5,7H,2-4,6H2,1H3. The molecule has 13 heavy (non-hydrogen) atoms. The molecule has 1 atom stereocenters. The number of likely N-dealkylation sites (tertiary alicyclic amines) is 1. The van der Waals surface area contributed by atoms with Crippen LogP contribution in [0.5, 0.6) is 0 Å². The Labute approximate surface area is 87.5 Å². The molecule has 0 bridgehead atoms. The second kappa shape index (κ2) is 3.95. The molecule has 1 aromatic heterocycles. The summed E-state index contributed by atoms with van der Waals surface area (Å²) in [5, 5.41) is 0. The van der Waals surface area contributed by atoms with Crippen molar-refractivity contribution in [1.29, 1.82) is 0 Å². The van der Waals surface area contributed by atoms with Crippen molar-refractivity contribution >= 4 is 22.9 Å². The molecule has 1 saturated heterocycles. The van der Waals surface area contributed by atoms with Gasteiger partial charge in [0.15, 0.2) is 4.47 Å². The summed E-state index contributed by atoms with van der Waals surface area (Å²) in [6, 6.07) is 0.723. The third-order valence-corrected chi connectivity index (χ3v) is 3.67. The van der Waals surface area contributed by atoms with E-state index in [4.69, 9.17) is 11.6 Å². The molecule has 2 heterocycles. The van der Waals surface area contributed by atoms with Gasteiger partial charge in [-0.3, -0.25) is 4.90 Å². The zero-order chi connectivity index (χ0) is 9.26. The third kappa shape index (κ3) is 2.22. The van der Waals surface area contributed by atoms with Crippen molar-refractivity contribution in [2.45, 2.75) is 32.4 Å². The van der Waals surface area contributed by atoms with Crippen LogP contribution in [0.15, 0.2) is 6.20 Å². The molecule has 2 nitrogen and oxygen atoms in total. The molecule has 0 aliphatic carbocycles. The molecule has 1 aromatic rings. The van der Waals surface area contributed by atoms with Crippen molar-refractivity contribution < 1.29 is 0 Å². The first-order valence-corrected chi connectivity index (χ1v) is 5.79. The van der Waals surface area contributed by atoms with Crippen molar-refractivity contribution in [2.75, 3.05) is 6.54 Å². The zero-order valence-electron chi connectivity index (χ0n) is 7.66. The molecule has 72 valence electrons. The molecule has 0 saturated carbocycles. The summed E-state index contributed by atoms with van der Waals surface area (Å²) in [5.41, 5.74) is 0. The molecule has 1 aliphatic heterocycles. The van der Waals surface area contributed by atoms with Gasteiger partial charge in [-0.2, -0.15) is 0 Å². The summed E-state index contributed by atoms with van der Waals surface area (Å²) >= 11 is 7.36. The monoisotopic (exact) mass is 216 g/mol. The first-order chi connectivity index (χ1) is 6.25. The van der Waals surface area contributed by atoms with Crippen LogP contribution in [0, 0.1) is 0 Å². The molecule has 2 rings (SSSR count). The third-order valence-electron chi connectivity index (χ3n) is 2.57. The summed E-state index contributed by atoms with van der Waals surface area (Å²) < 4.78 is 0.654. The first kappa shape index (κ1) is 9.44. The van der Waals surface area contributed by atoms with E-state index in [9.17, 15) is 0 Å². The van der Waals surface area contributed by atoms with E-state index >= 15 is 0 Å². The van der Waals surface area contributed by atoms with Gasteiger partial charge in [-0.1, -0.05) is 11.6 Å². The lowest BCUT2D eigenvalue weighted by molar-refractivity contribution is 0.262. The largest absolute Gasteiger partial charge is 0.296 e. The minimum Gasteiger partial charge on any atom is -0.296 e. The van der Waals surface area contributed by atoms with Gasteiger partial charge in [-0.25, -0.2) is 4.98 Å². The normalized spacial score (nSPS) is 24.0. The van der Waals surface area contributed by atoms with Gasteiger partial charge in [0.2, 0.25) is 0 Å². The van der Waals surface area contributed by atoms with Gasteiger partial charge in [-0.15, -0.1) is 11.3 Å². The van der Waals surface area contributed by atoms with Crippen LogP contribution >= 0.6 is 22.9 Å². The van der Waals surface area contributed by atoms with Crippen molar-refractivity contribution in [3.63, 3.8) is 0 Å². The Morgan fingerprint density at radius 2 is 2.62 bits per heavy atom. The number of rotatable bonds is 2. The Morgan fingerprint density at radius 3 is 3.15 bits per heavy atom. The predicted octanol–water partition coefficient (Wildman–Crippen LogP) is 2.78. The van der Waals surface area contributed by atoms with Gasteiger partial charge in [0.1, 0.15) is 0 Å². The fourth-order valence-corrected chi connectivity index (χ4v) is 2.79. The fourth-order valence-electron chi connectivity index (χ4n) is 1.78. The van der Waals surface area contributed by atoms with Crippen molar-refractivity contribution in [3.8, 4) is 0 Å². The summed E-state index contributed by atoms with van der Waals surface area (Å²) in [4.78, 5) is 7.81. The summed E-state index contributed by atoms with van der Waals surface area (Å²) in [7, 11) is 0. The highest BCUT2D eigenvalue weighted by molar-refractivity contribution is 7.15. The number of hydrogen-bond acceptors (Lipinski definition) is 3. The van der Waals surface area contributed by atoms with Crippen LogP contribution in [0.2, 0.25) is 4.47 Å². The van der Waals surface area contributed by atoms with E-state index in [1.54, 1.807) is 11.3 Å². The maximum atomic E-state index is 5.77. The van der Waals surface area contributed by atoms with Crippen LogP contribution in [0.4, 0.5) is 0 Å². The molecule has 0 aromatic carbocycles. The highest BCUT2D eigenvalue weighted by Crippen LogP contribution is 2.23. The summed E-state index contributed by atoms with van der Waals surface area (Å²) in [6.45, 7) is 4.53. The van der Waals surface area contributed by atoms with E-state index in [1.807, 2.05) is 6.20 Å². The quantitative estimate of drug-likeness (QED) is 0.756. The Morgan fingerprint density at radius 1 is 1.77 bits per heavy atom. The number of hydrogen-bond donors (Lipinski definition) is 0. The molecule has 1 unspecified atom stereocenters. The van der Waals surface area contributed by atoms with Crippen LogP contribution in [0.3, 0.4) is 0 Å². The van der Waals surface area contributed by atoms with E-state index in [0.717, 1.165) is 12.6 Å². The molecule has 4 heteroatoms. The summed E-state index contributed by atoms with van der Waals surface area (Å²) in [6.07, 6.45) is 4.54. The molecule has 0 N–H and O–H groups in total. The molecule has 0 spiro atoms. The number of aromatic nitrogens is 1. The van der Waals surface area contributed by atoms with Crippen molar-refractivity contribution in [2.24, 2.45) is 0 Å². The molecule has 0 amide bonds.